The summed E-state index contributed by atoms with van der Waals surface area (Å²) in [5.74, 6) is -0.0744. The van der Waals surface area contributed by atoms with E-state index in [1.807, 2.05) is 84.9 Å². The van der Waals surface area contributed by atoms with Gasteiger partial charge in [-0.2, -0.15) is 0 Å². The fourth-order valence-corrected chi connectivity index (χ4v) is 7.81. The van der Waals surface area contributed by atoms with Crippen LogP contribution in [0.15, 0.2) is 121 Å². The Labute approximate surface area is 360 Å². The zero-order valence-electron chi connectivity index (χ0n) is 36.3. The van der Waals surface area contributed by atoms with Gasteiger partial charge in [-0.1, -0.05) is 205 Å². The lowest BCUT2D eigenvalue weighted by molar-refractivity contribution is -0.329. The molecule has 1 unspecified atom stereocenters. The van der Waals surface area contributed by atoms with Gasteiger partial charge < -0.3 is 33.7 Å². The van der Waals surface area contributed by atoms with Crippen molar-refractivity contribution in [1.82, 2.24) is 5.32 Å². The number of amides is 1. The summed E-state index contributed by atoms with van der Waals surface area (Å²) in [6.07, 6.45) is 13.0. The molecule has 1 N–H and O–H groups in total. The molecule has 0 bridgehead atoms. The van der Waals surface area contributed by atoms with Crippen molar-refractivity contribution >= 4 is 5.91 Å². The summed E-state index contributed by atoms with van der Waals surface area (Å²) in [7, 11) is 0. The van der Waals surface area contributed by atoms with Crippen LogP contribution in [0.2, 0.25) is 0 Å². The molecule has 326 valence electrons. The molecule has 4 aromatic carbocycles. The fourth-order valence-electron chi connectivity index (χ4n) is 7.81. The number of hydrogen-bond donors (Lipinski definition) is 1. The summed E-state index contributed by atoms with van der Waals surface area (Å²) in [6.45, 7) is 5.81. The second-order valence-electron chi connectivity index (χ2n) is 16.2. The van der Waals surface area contributed by atoms with Gasteiger partial charge in [0.25, 0.3) is 0 Å². The van der Waals surface area contributed by atoms with E-state index in [0.29, 0.717) is 26.4 Å². The molecule has 1 heterocycles. The lowest BCUT2D eigenvalue weighted by atomic mass is 9.97. The molecule has 1 saturated heterocycles. The maximum absolute atomic E-state index is 12.5. The first-order valence-electron chi connectivity index (χ1n) is 22.7. The van der Waals surface area contributed by atoms with Crippen LogP contribution in [0.4, 0.5) is 0 Å². The summed E-state index contributed by atoms with van der Waals surface area (Å²) in [4.78, 5) is 12.5. The fraction of sp³-hybridized carbons (Fsp3) is 0.519. The molecule has 6 atom stereocenters. The summed E-state index contributed by atoms with van der Waals surface area (Å²) in [5.41, 5.74) is 4.17. The van der Waals surface area contributed by atoms with Crippen molar-refractivity contribution in [3.05, 3.63) is 144 Å². The van der Waals surface area contributed by atoms with Gasteiger partial charge in [-0.3, -0.25) is 4.79 Å². The van der Waals surface area contributed by atoms with E-state index >= 15 is 0 Å². The molecule has 0 aromatic heterocycles. The highest BCUT2D eigenvalue weighted by Crippen LogP contribution is 2.32. The zero-order chi connectivity index (χ0) is 41.9. The smallest absolute Gasteiger partial charge is 0.217 e. The first-order valence-corrected chi connectivity index (χ1v) is 22.7. The third-order valence-corrected chi connectivity index (χ3v) is 11.1. The molecule has 0 aliphatic carbocycles. The maximum atomic E-state index is 12.5. The van der Waals surface area contributed by atoms with Crippen LogP contribution in [0.3, 0.4) is 0 Å². The predicted molar refractivity (Wildman–Crippen MR) is 239 cm³/mol. The lowest BCUT2D eigenvalue weighted by Crippen LogP contribution is -2.62. The Kier molecular flexibility index (Phi) is 22.5. The average Bonchev–Trinajstić information content (AvgIpc) is 3.28. The third-order valence-electron chi connectivity index (χ3n) is 11.1. The number of rotatable bonds is 30. The Morgan fingerprint density at radius 3 is 1.42 bits per heavy atom. The Morgan fingerprint density at radius 2 is 0.950 bits per heavy atom. The number of nitrogens with one attached hydrogen (secondary N) is 1. The van der Waals surface area contributed by atoms with E-state index < -0.39 is 30.7 Å². The quantitative estimate of drug-likeness (QED) is 0.0524. The highest BCUT2D eigenvalue weighted by Gasteiger charge is 2.49. The molecular formula is C52H71NO7. The summed E-state index contributed by atoms with van der Waals surface area (Å²) in [6, 6.07) is 40.3. The summed E-state index contributed by atoms with van der Waals surface area (Å²) >= 11 is 0. The van der Waals surface area contributed by atoms with Gasteiger partial charge in [0.05, 0.1) is 45.7 Å². The van der Waals surface area contributed by atoms with Crippen molar-refractivity contribution in [3.8, 4) is 0 Å². The van der Waals surface area contributed by atoms with Crippen LogP contribution in [-0.2, 0) is 59.6 Å². The second-order valence-corrected chi connectivity index (χ2v) is 16.2. The zero-order valence-corrected chi connectivity index (χ0v) is 36.3. The maximum Gasteiger partial charge on any atom is 0.217 e. The third kappa shape index (κ3) is 18.0. The summed E-state index contributed by atoms with van der Waals surface area (Å²) in [5, 5.41) is 3.16. The molecule has 8 nitrogen and oxygen atoms in total. The molecule has 1 fully saturated rings. The lowest BCUT2D eigenvalue weighted by Gasteiger charge is -2.46. The van der Waals surface area contributed by atoms with Gasteiger partial charge in [0.2, 0.25) is 5.91 Å². The van der Waals surface area contributed by atoms with E-state index in [0.717, 1.165) is 41.5 Å². The molecule has 8 heteroatoms. The highest BCUT2D eigenvalue weighted by molar-refractivity contribution is 5.73. The Bertz CT molecular complexity index is 1660. The molecule has 1 aliphatic heterocycles. The van der Waals surface area contributed by atoms with Gasteiger partial charge in [0, 0.05) is 6.92 Å². The van der Waals surface area contributed by atoms with Gasteiger partial charge in [-0.05, 0) is 28.7 Å². The van der Waals surface area contributed by atoms with E-state index in [4.69, 9.17) is 28.4 Å². The Hall–Kier alpha value is -3.89. The molecule has 60 heavy (non-hydrogen) atoms. The Balaban J connectivity index is 1.30. The normalized spacial score (nSPS) is 19.5. The van der Waals surface area contributed by atoms with Gasteiger partial charge in [-0.25, -0.2) is 0 Å². The van der Waals surface area contributed by atoms with Crippen LogP contribution < -0.4 is 5.32 Å². The van der Waals surface area contributed by atoms with Crippen molar-refractivity contribution in [1.29, 1.82) is 0 Å². The number of benzene rings is 4. The SMILES string of the molecule is CCCCCCCCCCCCCCC(CO[C@H]1O[C@H](COCc2ccccc2)[C@H](OCc2ccccc2)[C@H](OCc2ccccc2)[C@H]1OCc1ccccc1)NC(C)=O. The van der Waals surface area contributed by atoms with Crippen LogP contribution in [0.25, 0.3) is 0 Å². The first kappa shape index (κ1) is 47.2. The minimum atomic E-state index is -0.824. The van der Waals surface area contributed by atoms with Crippen molar-refractivity contribution < 1.29 is 33.2 Å². The van der Waals surface area contributed by atoms with Gasteiger partial charge in [-0.15, -0.1) is 0 Å². The van der Waals surface area contributed by atoms with Crippen LogP contribution in [0.1, 0.15) is 120 Å². The average molecular weight is 822 g/mol. The number of unbranched alkanes of at least 4 members (excludes halogenated alkanes) is 11. The minimum absolute atomic E-state index is 0.0744. The van der Waals surface area contributed by atoms with Crippen molar-refractivity contribution in [2.75, 3.05) is 13.2 Å². The topological polar surface area (TPSA) is 84.5 Å². The number of hydrogen-bond acceptors (Lipinski definition) is 7. The highest BCUT2D eigenvalue weighted by atomic mass is 16.7. The van der Waals surface area contributed by atoms with E-state index in [1.54, 1.807) is 6.92 Å². The number of ether oxygens (including phenoxy) is 6. The van der Waals surface area contributed by atoms with Gasteiger partial charge >= 0.3 is 0 Å². The van der Waals surface area contributed by atoms with Crippen LogP contribution in [0, 0.1) is 0 Å². The van der Waals surface area contributed by atoms with Crippen LogP contribution in [0.5, 0.6) is 0 Å². The molecule has 0 spiro atoms. The predicted octanol–water partition coefficient (Wildman–Crippen LogP) is 11.3. The minimum Gasteiger partial charge on any atom is -0.374 e. The molecule has 0 saturated carbocycles. The first-order chi connectivity index (χ1) is 29.6. The van der Waals surface area contributed by atoms with Crippen molar-refractivity contribution in [2.24, 2.45) is 0 Å². The monoisotopic (exact) mass is 822 g/mol. The van der Waals surface area contributed by atoms with Crippen molar-refractivity contribution in [3.63, 3.8) is 0 Å². The number of carbonyl (C=O) groups excluding carboxylic acids is 1. The largest absolute Gasteiger partial charge is 0.374 e. The Morgan fingerprint density at radius 1 is 0.533 bits per heavy atom. The standard InChI is InChI=1S/C52H71NO7/c1-3-4-5-6-7-8-9-10-11-12-13-26-35-47(53-42(2)54)40-59-52-51(58-39-46-33-24-17-25-34-46)50(57-38-45-31-22-16-23-32-45)49(56-37-44-29-20-15-21-30-44)48(60-52)41-55-36-43-27-18-14-19-28-43/h14-25,27-34,47-52H,3-13,26,35-41H2,1-2H3,(H,53,54)/t47?,48-,49+,50+,51-,52+/m1/s1. The molecule has 4 aromatic rings. The van der Waals surface area contributed by atoms with E-state index in [1.165, 1.54) is 64.2 Å². The van der Waals surface area contributed by atoms with Crippen LogP contribution in [-0.4, -0.2) is 55.9 Å². The molecule has 1 amide bonds. The van der Waals surface area contributed by atoms with Gasteiger partial charge in [0.15, 0.2) is 6.29 Å². The number of carbonyl (C=O) groups is 1. The second kappa shape index (κ2) is 28.6. The molecular weight excluding hydrogens is 751 g/mol. The molecule has 1 aliphatic rings. The van der Waals surface area contributed by atoms with E-state index in [9.17, 15) is 4.79 Å². The van der Waals surface area contributed by atoms with Crippen molar-refractivity contribution in [2.45, 2.75) is 160 Å². The van der Waals surface area contributed by atoms with E-state index in [-0.39, 0.29) is 25.2 Å². The molecule has 5 rings (SSSR count). The van der Waals surface area contributed by atoms with Crippen LogP contribution >= 0.6 is 0 Å². The summed E-state index contributed by atoms with van der Waals surface area (Å²) < 4.78 is 40.5. The van der Waals surface area contributed by atoms with Gasteiger partial charge in [0.1, 0.15) is 24.4 Å². The van der Waals surface area contributed by atoms with E-state index in [2.05, 4.69) is 48.6 Å². The molecule has 0 radical (unpaired) electrons.